The number of aromatic amines is 1. The molecular formula is C15H22N2O4S. The molecule has 1 amide bonds. The molecule has 1 saturated heterocycles. The molecule has 0 aliphatic carbocycles. The summed E-state index contributed by atoms with van der Waals surface area (Å²) in [5, 5.41) is 0. The van der Waals surface area contributed by atoms with Crippen molar-refractivity contribution in [3.8, 4) is 0 Å². The standard InChI is InChI=1S/C15H22N2O4S/c1-3-22(20,21)12-9-13(14(18)16-10-12)15(19)17-7-4-5-11(2)6-8-17/h9-11H,3-8H2,1-2H3,(H,16,18)/t11-/m0/s1. The van der Waals surface area contributed by atoms with Gasteiger partial charge in [0.1, 0.15) is 5.56 Å². The first kappa shape index (κ1) is 16.7. The van der Waals surface area contributed by atoms with Crippen LogP contribution in [0.5, 0.6) is 0 Å². The number of amides is 1. The molecule has 1 aliphatic rings. The SMILES string of the molecule is CCS(=O)(=O)c1c[nH]c(=O)c(C(=O)N2CCC[C@H](C)CC2)c1. The lowest BCUT2D eigenvalue weighted by Gasteiger charge is -2.20. The monoisotopic (exact) mass is 326 g/mol. The van der Waals surface area contributed by atoms with E-state index < -0.39 is 15.4 Å². The third kappa shape index (κ3) is 3.58. The van der Waals surface area contributed by atoms with Crippen molar-refractivity contribution in [2.45, 2.75) is 38.0 Å². The van der Waals surface area contributed by atoms with E-state index in [9.17, 15) is 18.0 Å². The lowest BCUT2D eigenvalue weighted by molar-refractivity contribution is 0.0758. The lowest BCUT2D eigenvalue weighted by Crippen LogP contribution is -2.35. The average molecular weight is 326 g/mol. The number of likely N-dealkylation sites (tertiary alicyclic amines) is 1. The molecule has 1 atom stereocenters. The van der Waals surface area contributed by atoms with Gasteiger partial charge in [-0.25, -0.2) is 8.42 Å². The van der Waals surface area contributed by atoms with Crippen LogP contribution in [0, 0.1) is 5.92 Å². The van der Waals surface area contributed by atoms with Crippen molar-refractivity contribution in [1.29, 1.82) is 0 Å². The van der Waals surface area contributed by atoms with Gasteiger partial charge in [0.15, 0.2) is 9.84 Å². The van der Waals surface area contributed by atoms with E-state index >= 15 is 0 Å². The van der Waals surface area contributed by atoms with Gasteiger partial charge in [0, 0.05) is 19.3 Å². The number of pyridine rings is 1. The Balaban J connectivity index is 2.33. The average Bonchev–Trinajstić information content (AvgIpc) is 2.71. The van der Waals surface area contributed by atoms with Crippen LogP contribution in [0.15, 0.2) is 22.0 Å². The molecule has 122 valence electrons. The molecule has 1 fully saturated rings. The minimum absolute atomic E-state index is 0.0128. The highest BCUT2D eigenvalue weighted by Gasteiger charge is 2.23. The minimum atomic E-state index is -3.46. The highest BCUT2D eigenvalue weighted by molar-refractivity contribution is 7.91. The van der Waals surface area contributed by atoms with E-state index in [2.05, 4.69) is 11.9 Å². The number of aromatic nitrogens is 1. The molecule has 2 rings (SSSR count). The maximum Gasteiger partial charge on any atom is 0.260 e. The molecule has 0 unspecified atom stereocenters. The number of H-pyrrole nitrogens is 1. The molecule has 0 saturated carbocycles. The Morgan fingerprint density at radius 1 is 1.36 bits per heavy atom. The molecule has 2 heterocycles. The van der Waals surface area contributed by atoms with Crippen molar-refractivity contribution in [2.24, 2.45) is 5.92 Å². The summed E-state index contributed by atoms with van der Waals surface area (Å²) in [6.45, 7) is 4.88. The number of carbonyl (C=O) groups is 1. The molecule has 1 N–H and O–H groups in total. The van der Waals surface area contributed by atoms with Gasteiger partial charge in [-0.2, -0.15) is 0 Å². The third-order valence-corrected chi connectivity index (χ3v) is 5.86. The number of hydrogen-bond donors (Lipinski definition) is 1. The van der Waals surface area contributed by atoms with Gasteiger partial charge in [0.2, 0.25) is 0 Å². The van der Waals surface area contributed by atoms with Crippen molar-refractivity contribution in [2.75, 3.05) is 18.8 Å². The molecular weight excluding hydrogens is 304 g/mol. The van der Waals surface area contributed by atoms with Gasteiger partial charge < -0.3 is 9.88 Å². The second-order valence-corrected chi connectivity index (χ2v) is 8.09. The number of nitrogens with zero attached hydrogens (tertiary/aromatic N) is 1. The fourth-order valence-corrected chi connectivity index (χ4v) is 3.47. The summed E-state index contributed by atoms with van der Waals surface area (Å²) in [5.74, 6) is 0.0971. The van der Waals surface area contributed by atoms with Crippen LogP contribution in [-0.4, -0.2) is 43.1 Å². The van der Waals surface area contributed by atoms with Gasteiger partial charge >= 0.3 is 0 Å². The predicted octanol–water partition coefficient (Wildman–Crippen LogP) is 1.43. The number of hydrogen-bond acceptors (Lipinski definition) is 4. The van der Waals surface area contributed by atoms with Crippen LogP contribution in [0.2, 0.25) is 0 Å². The number of nitrogens with one attached hydrogen (secondary N) is 1. The number of rotatable bonds is 3. The Morgan fingerprint density at radius 3 is 2.77 bits per heavy atom. The van der Waals surface area contributed by atoms with E-state index in [0.29, 0.717) is 19.0 Å². The third-order valence-electron chi connectivity index (χ3n) is 4.15. The number of sulfone groups is 1. The summed E-state index contributed by atoms with van der Waals surface area (Å²) in [6.07, 6.45) is 4.02. The lowest BCUT2D eigenvalue weighted by atomic mass is 10.0. The molecule has 0 spiro atoms. The summed E-state index contributed by atoms with van der Waals surface area (Å²) >= 11 is 0. The molecule has 6 nitrogen and oxygen atoms in total. The van der Waals surface area contributed by atoms with Crippen molar-refractivity contribution in [3.63, 3.8) is 0 Å². The summed E-state index contributed by atoms with van der Waals surface area (Å²) in [4.78, 5) is 28.5. The van der Waals surface area contributed by atoms with Gasteiger partial charge in [0.05, 0.1) is 10.6 Å². The van der Waals surface area contributed by atoms with Crippen LogP contribution in [0.3, 0.4) is 0 Å². The Bertz CT molecular complexity index is 708. The van der Waals surface area contributed by atoms with Crippen LogP contribution in [-0.2, 0) is 9.84 Å². The largest absolute Gasteiger partial charge is 0.338 e. The highest BCUT2D eigenvalue weighted by Crippen LogP contribution is 2.18. The van der Waals surface area contributed by atoms with E-state index in [0.717, 1.165) is 25.5 Å². The van der Waals surface area contributed by atoms with Crippen molar-refractivity contribution in [3.05, 3.63) is 28.2 Å². The summed E-state index contributed by atoms with van der Waals surface area (Å²) in [7, 11) is -3.46. The topological polar surface area (TPSA) is 87.3 Å². The fourth-order valence-electron chi connectivity index (χ4n) is 2.61. The van der Waals surface area contributed by atoms with Crippen molar-refractivity contribution < 1.29 is 13.2 Å². The van der Waals surface area contributed by atoms with Crippen LogP contribution in [0.4, 0.5) is 0 Å². The summed E-state index contributed by atoms with van der Waals surface area (Å²) < 4.78 is 23.8. The second kappa shape index (κ2) is 6.64. The first-order valence-electron chi connectivity index (χ1n) is 7.60. The molecule has 0 bridgehead atoms. The molecule has 7 heteroatoms. The number of carbonyl (C=O) groups excluding carboxylic acids is 1. The van der Waals surface area contributed by atoms with Crippen molar-refractivity contribution >= 4 is 15.7 Å². The highest BCUT2D eigenvalue weighted by atomic mass is 32.2. The summed E-state index contributed by atoms with van der Waals surface area (Å²) in [6, 6.07) is 1.20. The minimum Gasteiger partial charge on any atom is -0.338 e. The molecule has 1 aromatic rings. The Kier molecular flexibility index (Phi) is 5.05. The molecule has 1 aromatic heterocycles. The van der Waals surface area contributed by atoms with Gasteiger partial charge in [-0.1, -0.05) is 13.8 Å². The van der Waals surface area contributed by atoms with Crippen LogP contribution < -0.4 is 5.56 Å². The Hall–Kier alpha value is -1.63. The summed E-state index contributed by atoms with van der Waals surface area (Å²) in [5.41, 5.74) is -0.638. The zero-order chi connectivity index (χ0) is 16.3. The van der Waals surface area contributed by atoms with E-state index in [-0.39, 0.29) is 22.1 Å². The maximum atomic E-state index is 12.6. The molecule has 1 aliphatic heterocycles. The fraction of sp³-hybridized carbons (Fsp3) is 0.600. The van der Waals surface area contributed by atoms with E-state index in [1.807, 2.05) is 0 Å². The van der Waals surface area contributed by atoms with Crippen LogP contribution in [0.25, 0.3) is 0 Å². The van der Waals surface area contributed by atoms with E-state index in [1.165, 1.54) is 13.0 Å². The van der Waals surface area contributed by atoms with E-state index in [1.54, 1.807) is 4.90 Å². The quantitative estimate of drug-likeness (QED) is 0.910. The van der Waals surface area contributed by atoms with Crippen molar-refractivity contribution in [1.82, 2.24) is 9.88 Å². The molecule has 22 heavy (non-hydrogen) atoms. The van der Waals surface area contributed by atoms with Gasteiger partial charge in [0.25, 0.3) is 11.5 Å². The van der Waals surface area contributed by atoms with Gasteiger partial charge in [-0.15, -0.1) is 0 Å². The zero-order valence-electron chi connectivity index (χ0n) is 13.0. The first-order valence-corrected chi connectivity index (χ1v) is 9.25. The molecule has 0 radical (unpaired) electrons. The van der Waals surface area contributed by atoms with Gasteiger partial charge in [-0.05, 0) is 31.2 Å². The normalized spacial score (nSPS) is 19.7. The van der Waals surface area contributed by atoms with Crippen LogP contribution >= 0.6 is 0 Å². The predicted molar refractivity (Wildman–Crippen MR) is 83.7 cm³/mol. The maximum absolute atomic E-state index is 12.6. The first-order chi connectivity index (χ1) is 10.3. The zero-order valence-corrected chi connectivity index (χ0v) is 13.8. The van der Waals surface area contributed by atoms with E-state index in [4.69, 9.17) is 0 Å². The Labute approximate surface area is 130 Å². The van der Waals surface area contributed by atoms with Crippen LogP contribution in [0.1, 0.15) is 43.5 Å². The van der Waals surface area contributed by atoms with Gasteiger partial charge in [-0.3, -0.25) is 9.59 Å². The smallest absolute Gasteiger partial charge is 0.260 e. The molecule has 0 aromatic carbocycles. The Morgan fingerprint density at radius 2 is 2.09 bits per heavy atom. The second-order valence-electron chi connectivity index (χ2n) is 5.81.